The fourth-order valence-electron chi connectivity index (χ4n) is 3.90. The van der Waals surface area contributed by atoms with Crippen molar-refractivity contribution < 1.29 is 4.74 Å². The summed E-state index contributed by atoms with van der Waals surface area (Å²) in [6.45, 7) is 3.26. The van der Waals surface area contributed by atoms with Crippen molar-refractivity contribution >= 4 is 15.9 Å². The number of rotatable bonds is 6. The van der Waals surface area contributed by atoms with E-state index in [4.69, 9.17) is 4.74 Å². The van der Waals surface area contributed by atoms with Crippen LogP contribution in [0, 0.1) is 17.8 Å². The molecule has 0 aliphatic heterocycles. The molecule has 0 aromatic heterocycles. The van der Waals surface area contributed by atoms with Crippen LogP contribution in [0.25, 0.3) is 0 Å². The average molecular weight is 338 g/mol. The third-order valence-electron chi connectivity index (χ3n) is 5.00. The summed E-state index contributed by atoms with van der Waals surface area (Å²) < 4.78 is 6.66. The lowest BCUT2D eigenvalue weighted by molar-refractivity contribution is 0.331. The third-order valence-corrected chi connectivity index (χ3v) is 5.49. The normalized spacial score (nSPS) is 29.1. The van der Waals surface area contributed by atoms with Gasteiger partial charge in [-0.1, -0.05) is 22.9 Å². The molecule has 2 aliphatic carbocycles. The Hall–Kier alpha value is -0.540. The van der Waals surface area contributed by atoms with E-state index in [1.165, 1.54) is 24.8 Å². The lowest BCUT2D eigenvalue weighted by Gasteiger charge is -2.26. The maximum atomic E-state index is 5.52. The van der Waals surface area contributed by atoms with Crippen molar-refractivity contribution in [2.45, 2.75) is 38.6 Å². The van der Waals surface area contributed by atoms with Gasteiger partial charge in [0.2, 0.25) is 0 Å². The largest absolute Gasteiger partial charge is 0.496 e. The van der Waals surface area contributed by atoms with Gasteiger partial charge in [0.25, 0.3) is 0 Å². The van der Waals surface area contributed by atoms with Gasteiger partial charge in [0.1, 0.15) is 5.75 Å². The molecule has 3 unspecified atom stereocenters. The Morgan fingerprint density at radius 2 is 2.05 bits per heavy atom. The summed E-state index contributed by atoms with van der Waals surface area (Å²) in [4.78, 5) is 0. The van der Waals surface area contributed by atoms with Gasteiger partial charge in [-0.3, -0.25) is 0 Å². The first kappa shape index (κ1) is 14.4. The van der Waals surface area contributed by atoms with Crippen molar-refractivity contribution in [3.63, 3.8) is 0 Å². The second-order valence-electron chi connectivity index (χ2n) is 6.31. The van der Waals surface area contributed by atoms with Crippen molar-refractivity contribution in [2.75, 3.05) is 13.7 Å². The van der Waals surface area contributed by atoms with E-state index in [1.54, 1.807) is 7.11 Å². The number of ether oxygens (including phenoxy) is 1. The van der Waals surface area contributed by atoms with Gasteiger partial charge in [-0.15, -0.1) is 0 Å². The lowest BCUT2D eigenvalue weighted by Crippen LogP contribution is -2.37. The van der Waals surface area contributed by atoms with E-state index in [0.717, 1.165) is 40.9 Å². The number of nitrogens with one attached hydrogen (secondary N) is 1. The fraction of sp³-hybridized carbons (Fsp3) is 0.647. The van der Waals surface area contributed by atoms with E-state index < -0.39 is 0 Å². The minimum Gasteiger partial charge on any atom is -0.496 e. The van der Waals surface area contributed by atoms with Crippen LogP contribution < -0.4 is 10.1 Å². The molecule has 1 N–H and O–H groups in total. The SMILES string of the molecule is CCNC(Cc1cc(Br)ccc1OC)C1CC2CC2C1. The minimum atomic E-state index is 0.594. The maximum absolute atomic E-state index is 5.52. The van der Waals surface area contributed by atoms with Crippen LogP contribution in [0.2, 0.25) is 0 Å². The number of likely N-dealkylation sites (N-methyl/N-ethyl adjacent to an activating group) is 1. The smallest absolute Gasteiger partial charge is 0.122 e. The average Bonchev–Trinajstić information content (AvgIpc) is 3.05. The number of hydrogen-bond donors (Lipinski definition) is 1. The molecule has 0 heterocycles. The summed E-state index contributed by atoms with van der Waals surface area (Å²) in [6, 6.07) is 6.92. The lowest BCUT2D eigenvalue weighted by atomic mass is 9.89. The van der Waals surface area contributed by atoms with Gasteiger partial charge in [-0.05, 0) is 73.7 Å². The van der Waals surface area contributed by atoms with Crippen molar-refractivity contribution in [1.29, 1.82) is 0 Å². The molecule has 2 nitrogen and oxygen atoms in total. The first-order valence-electron chi connectivity index (χ1n) is 7.77. The summed E-state index contributed by atoms with van der Waals surface area (Å²) in [7, 11) is 1.76. The predicted molar refractivity (Wildman–Crippen MR) is 86.2 cm³/mol. The van der Waals surface area contributed by atoms with Gasteiger partial charge in [0, 0.05) is 10.5 Å². The summed E-state index contributed by atoms with van der Waals surface area (Å²) in [6.07, 6.45) is 5.42. The molecule has 1 aromatic carbocycles. The zero-order chi connectivity index (χ0) is 14.1. The van der Waals surface area contributed by atoms with E-state index in [9.17, 15) is 0 Å². The monoisotopic (exact) mass is 337 g/mol. The van der Waals surface area contributed by atoms with Gasteiger partial charge in [0.05, 0.1) is 7.11 Å². The molecule has 0 amide bonds. The number of fused-ring (bicyclic) bond motifs is 1. The van der Waals surface area contributed by atoms with Crippen LogP contribution in [0.1, 0.15) is 31.7 Å². The molecule has 20 heavy (non-hydrogen) atoms. The molecule has 0 saturated heterocycles. The molecular weight excluding hydrogens is 314 g/mol. The molecule has 3 heteroatoms. The minimum absolute atomic E-state index is 0.594. The van der Waals surface area contributed by atoms with E-state index in [-0.39, 0.29) is 0 Å². The van der Waals surface area contributed by atoms with Crippen molar-refractivity contribution in [3.8, 4) is 5.75 Å². The zero-order valence-electron chi connectivity index (χ0n) is 12.4. The highest BCUT2D eigenvalue weighted by atomic mass is 79.9. The van der Waals surface area contributed by atoms with E-state index >= 15 is 0 Å². The summed E-state index contributed by atoms with van der Waals surface area (Å²) in [5.74, 6) is 3.96. The van der Waals surface area contributed by atoms with Crippen molar-refractivity contribution in [1.82, 2.24) is 5.32 Å². The van der Waals surface area contributed by atoms with Gasteiger partial charge >= 0.3 is 0 Å². The highest BCUT2D eigenvalue weighted by molar-refractivity contribution is 9.10. The molecule has 3 rings (SSSR count). The van der Waals surface area contributed by atoms with Crippen LogP contribution >= 0.6 is 15.9 Å². The Balaban J connectivity index is 1.73. The predicted octanol–water partition coefficient (Wildman–Crippen LogP) is 4.02. The van der Waals surface area contributed by atoms with Crippen LogP contribution in [0.3, 0.4) is 0 Å². The molecule has 0 radical (unpaired) electrons. The van der Waals surface area contributed by atoms with Crippen molar-refractivity contribution in [3.05, 3.63) is 28.2 Å². The summed E-state index contributed by atoms with van der Waals surface area (Å²) in [5.41, 5.74) is 1.31. The number of benzene rings is 1. The summed E-state index contributed by atoms with van der Waals surface area (Å²) >= 11 is 3.58. The molecular formula is C17H24BrNO. The van der Waals surface area contributed by atoms with Gasteiger partial charge < -0.3 is 10.1 Å². The van der Waals surface area contributed by atoms with Gasteiger partial charge in [0.15, 0.2) is 0 Å². The Labute approximate surface area is 130 Å². The van der Waals surface area contributed by atoms with E-state index in [1.807, 2.05) is 0 Å². The highest BCUT2D eigenvalue weighted by Crippen LogP contribution is 2.55. The standard InChI is InChI=1S/C17H24BrNO/c1-3-19-16(13-7-11-6-12(11)8-13)10-14-9-15(18)4-5-17(14)20-2/h4-5,9,11-13,16,19H,3,6-8,10H2,1-2H3. The quantitative estimate of drug-likeness (QED) is 0.846. The zero-order valence-corrected chi connectivity index (χ0v) is 13.9. The van der Waals surface area contributed by atoms with Gasteiger partial charge in [-0.25, -0.2) is 0 Å². The molecule has 2 aliphatic rings. The molecule has 1 aromatic rings. The Morgan fingerprint density at radius 3 is 2.70 bits per heavy atom. The molecule has 2 fully saturated rings. The van der Waals surface area contributed by atoms with Crippen LogP contribution in [0.4, 0.5) is 0 Å². The fourth-order valence-corrected chi connectivity index (χ4v) is 4.31. The van der Waals surface area contributed by atoms with Crippen LogP contribution in [-0.2, 0) is 6.42 Å². The van der Waals surface area contributed by atoms with Crippen LogP contribution in [-0.4, -0.2) is 19.7 Å². The second-order valence-corrected chi connectivity index (χ2v) is 7.23. The third kappa shape index (κ3) is 3.04. The first-order chi connectivity index (χ1) is 9.71. The molecule has 110 valence electrons. The van der Waals surface area contributed by atoms with Gasteiger partial charge in [-0.2, -0.15) is 0 Å². The molecule has 2 saturated carbocycles. The van der Waals surface area contributed by atoms with Crippen LogP contribution in [0.15, 0.2) is 22.7 Å². The number of hydrogen-bond acceptors (Lipinski definition) is 2. The number of halogens is 1. The maximum Gasteiger partial charge on any atom is 0.122 e. The van der Waals surface area contributed by atoms with E-state index in [2.05, 4.69) is 46.4 Å². The highest BCUT2D eigenvalue weighted by Gasteiger charge is 2.47. The Bertz CT molecular complexity index is 466. The first-order valence-corrected chi connectivity index (χ1v) is 8.56. The second kappa shape index (κ2) is 6.07. The topological polar surface area (TPSA) is 21.3 Å². The molecule has 0 spiro atoms. The van der Waals surface area contributed by atoms with Crippen LogP contribution in [0.5, 0.6) is 5.75 Å². The molecule has 0 bridgehead atoms. The Kier molecular flexibility index (Phi) is 4.37. The molecule has 3 atom stereocenters. The summed E-state index contributed by atoms with van der Waals surface area (Å²) in [5, 5.41) is 3.71. The van der Waals surface area contributed by atoms with Crippen molar-refractivity contribution in [2.24, 2.45) is 17.8 Å². The Morgan fingerprint density at radius 1 is 1.30 bits per heavy atom. The number of methoxy groups -OCH3 is 1. The van der Waals surface area contributed by atoms with E-state index in [0.29, 0.717) is 6.04 Å².